The summed E-state index contributed by atoms with van der Waals surface area (Å²) in [7, 11) is 0. The summed E-state index contributed by atoms with van der Waals surface area (Å²) in [6, 6.07) is 25.5. The topological polar surface area (TPSA) is 95.2 Å². The predicted octanol–water partition coefficient (Wildman–Crippen LogP) is 6.10. The molecule has 1 aromatic heterocycles. The first-order chi connectivity index (χ1) is 20.9. The first kappa shape index (κ1) is 28.4. The zero-order chi connectivity index (χ0) is 29.8. The molecule has 1 unspecified atom stereocenters. The fourth-order valence-electron chi connectivity index (χ4n) is 5.29. The molecule has 0 radical (unpaired) electrons. The van der Waals surface area contributed by atoms with Crippen LogP contribution in [-0.2, 0) is 27.3 Å². The van der Waals surface area contributed by atoms with Gasteiger partial charge >= 0.3 is 0 Å². The second-order valence-corrected chi connectivity index (χ2v) is 11.5. The monoisotopic (exact) mass is 596 g/mol. The van der Waals surface area contributed by atoms with Gasteiger partial charge in [0.15, 0.2) is 5.17 Å². The molecule has 0 bridgehead atoms. The van der Waals surface area contributed by atoms with Crippen LogP contribution in [0, 0.1) is 5.82 Å². The highest BCUT2D eigenvalue weighted by Crippen LogP contribution is 2.41. The second-order valence-electron chi connectivity index (χ2n) is 10.4. The molecule has 2 atom stereocenters. The number of aliphatic imine (C=N–C) groups is 1. The van der Waals surface area contributed by atoms with Gasteiger partial charge < -0.3 is 14.6 Å². The Morgan fingerprint density at radius 3 is 2.56 bits per heavy atom. The van der Waals surface area contributed by atoms with Gasteiger partial charge in [0.25, 0.3) is 0 Å². The second kappa shape index (κ2) is 12.7. The van der Waals surface area contributed by atoms with E-state index in [-0.39, 0.29) is 30.7 Å². The highest BCUT2D eigenvalue weighted by Gasteiger charge is 2.40. The number of nitrogens with zero attached hydrogens (tertiary/aromatic N) is 3. The Kier molecular flexibility index (Phi) is 8.37. The third kappa shape index (κ3) is 6.54. The quantitative estimate of drug-likeness (QED) is 0.266. The number of hydrogen-bond donors (Lipinski definition) is 1. The summed E-state index contributed by atoms with van der Waals surface area (Å²) in [5.41, 5.74) is 2.64. The van der Waals surface area contributed by atoms with Gasteiger partial charge in [-0.05, 0) is 66.4 Å². The number of amides is 3. The van der Waals surface area contributed by atoms with Gasteiger partial charge in [-0.2, -0.15) is 0 Å². The van der Waals surface area contributed by atoms with Crippen molar-refractivity contribution in [2.75, 3.05) is 11.9 Å². The van der Waals surface area contributed by atoms with Gasteiger partial charge in [0.2, 0.25) is 17.7 Å². The van der Waals surface area contributed by atoms with E-state index in [1.54, 1.807) is 59.7 Å². The number of amidine groups is 1. The van der Waals surface area contributed by atoms with E-state index in [0.29, 0.717) is 35.3 Å². The highest BCUT2D eigenvalue weighted by molar-refractivity contribution is 8.15. The number of likely N-dealkylation sites (tertiary alicyclic amines) is 1. The van der Waals surface area contributed by atoms with E-state index in [1.807, 2.05) is 30.3 Å². The zero-order valence-electron chi connectivity index (χ0n) is 23.2. The largest absolute Gasteiger partial charge is 0.467 e. The van der Waals surface area contributed by atoms with Crippen molar-refractivity contribution in [3.63, 3.8) is 0 Å². The zero-order valence-corrected chi connectivity index (χ0v) is 24.0. The minimum atomic E-state index is -0.576. The summed E-state index contributed by atoms with van der Waals surface area (Å²) in [5.74, 6) is -0.281. The van der Waals surface area contributed by atoms with Crippen molar-refractivity contribution in [1.29, 1.82) is 0 Å². The predicted molar refractivity (Wildman–Crippen MR) is 163 cm³/mol. The maximum Gasteiger partial charge on any atom is 0.247 e. The Hall–Kier alpha value is -4.70. The van der Waals surface area contributed by atoms with Crippen molar-refractivity contribution in [3.8, 4) is 0 Å². The van der Waals surface area contributed by atoms with E-state index in [1.165, 1.54) is 28.8 Å². The van der Waals surface area contributed by atoms with Crippen molar-refractivity contribution >= 4 is 46.0 Å². The fourth-order valence-corrected chi connectivity index (χ4v) is 6.46. The SMILES string of the molecule is O=C(Nc1ccc(C2SC(=Nc3cccc(F)c3)N(Cc3ccco3)C2=O)cc1)[C@H]1CCCN1C(=O)Cc1ccccc1. The third-order valence-electron chi connectivity index (χ3n) is 7.43. The molecule has 0 spiro atoms. The number of hydrogen-bond acceptors (Lipinski definition) is 6. The number of nitrogens with one attached hydrogen (secondary N) is 1. The lowest BCUT2D eigenvalue weighted by Crippen LogP contribution is -2.43. The molecule has 1 N–H and O–H groups in total. The molecule has 3 heterocycles. The molecule has 10 heteroatoms. The summed E-state index contributed by atoms with van der Waals surface area (Å²) in [4.78, 5) is 47.5. The molecule has 0 saturated carbocycles. The fraction of sp³-hybridized carbons (Fsp3) is 0.212. The van der Waals surface area contributed by atoms with Crippen LogP contribution in [0.15, 0.2) is 107 Å². The lowest BCUT2D eigenvalue weighted by Gasteiger charge is -2.24. The molecule has 2 aliphatic rings. The highest BCUT2D eigenvalue weighted by atomic mass is 32.2. The van der Waals surface area contributed by atoms with E-state index in [0.717, 1.165) is 17.5 Å². The van der Waals surface area contributed by atoms with E-state index in [9.17, 15) is 18.8 Å². The maximum absolute atomic E-state index is 13.8. The summed E-state index contributed by atoms with van der Waals surface area (Å²) in [6.07, 6.45) is 3.18. The van der Waals surface area contributed by atoms with E-state index in [4.69, 9.17) is 4.42 Å². The van der Waals surface area contributed by atoms with Crippen LogP contribution in [0.4, 0.5) is 15.8 Å². The molecule has 218 valence electrons. The summed E-state index contributed by atoms with van der Waals surface area (Å²) < 4.78 is 19.3. The van der Waals surface area contributed by atoms with Crippen LogP contribution in [0.2, 0.25) is 0 Å². The van der Waals surface area contributed by atoms with E-state index >= 15 is 0 Å². The molecular formula is C33H29FN4O4S. The standard InChI is InChI=1S/C33H29FN4O4S/c34-24-9-4-10-26(20-24)36-33-38(21-27-11-6-18-42-27)32(41)30(43-33)23-13-15-25(16-14-23)35-31(40)28-12-5-17-37(28)29(39)19-22-7-2-1-3-8-22/h1-4,6-11,13-16,18,20,28,30H,5,12,17,19,21H2,(H,35,40)/t28-,30?/m1/s1. The van der Waals surface area contributed by atoms with Crippen molar-refractivity contribution < 1.29 is 23.2 Å². The summed E-state index contributed by atoms with van der Waals surface area (Å²) in [6.45, 7) is 0.746. The van der Waals surface area contributed by atoms with Gasteiger partial charge in [-0.25, -0.2) is 9.38 Å². The Morgan fingerprint density at radius 2 is 1.81 bits per heavy atom. The molecule has 8 nitrogen and oxygen atoms in total. The number of halogens is 1. The number of furan rings is 1. The molecule has 2 fully saturated rings. The molecule has 2 saturated heterocycles. The molecule has 43 heavy (non-hydrogen) atoms. The van der Waals surface area contributed by atoms with Crippen LogP contribution in [-0.4, -0.2) is 45.3 Å². The lowest BCUT2D eigenvalue weighted by molar-refractivity contribution is -0.136. The lowest BCUT2D eigenvalue weighted by atomic mass is 10.1. The normalized spacial score (nSPS) is 19.3. The van der Waals surface area contributed by atoms with Gasteiger partial charge in [-0.15, -0.1) is 0 Å². The van der Waals surface area contributed by atoms with Gasteiger partial charge in [0.05, 0.1) is 24.9 Å². The van der Waals surface area contributed by atoms with Crippen molar-refractivity contribution in [2.24, 2.45) is 4.99 Å². The number of carbonyl (C=O) groups excluding carboxylic acids is 3. The van der Waals surface area contributed by atoms with Gasteiger partial charge in [0, 0.05) is 12.2 Å². The molecule has 3 amide bonds. The average Bonchev–Trinajstić information content (AvgIpc) is 3.77. The molecule has 6 rings (SSSR count). The summed E-state index contributed by atoms with van der Waals surface area (Å²) >= 11 is 1.28. The Labute approximate surface area is 252 Å². The molecule has 0 aliphatic carbocycles. The minimum absolute atomic E-state index is 0.0641. The number of rotatable bonds is 8. The minimum Gasteiger partial charge on any atom is -0.467 e. The van der Waals surface area contributed by atoms with Crippen LogP contribution in [0.5, 0.6) is 0 Å². The average molecular weight is 597 g/mol. The van der Waals surface area contributed by atoms with Crippen LogP contribution in [0.3, 0.4) is 0 Å². The van der Waals surface area contributed by atoms with Crippen LogP contribution in [0.25, 0.3) is 0 Å². The molecular weight excluding hydrogens is 567 g/mol. The van der Waals surface area contributed by atoms with Crippen LogP contribution in [0.1, 0.15) is 35.0 Å². The van der Waals surface area contributed by atoms with E-state index < -0.39 is 17.1 Å². The third-order valence-corrected chi connectivity index (χ3v) is 8.66. The van der Waals surface area contributed by atoms with Crippen molar-refractivity contribution in [3.05, 3.63) is 120 Å². The van der Waals surface area contributed by atoms with Gasteiger partial charge in [0.1, 0.15) is 22.9 Å². The maximum atomic E-state index is 13.8. The van der Waals surface area contributed by atoms with Gasteiger partial charge in [-0.1, -0.05) is 60.3 Å². The van der Waals surface area contributed by atoms with Crippen molar-refractivity contribution in [1.82, 2.24) is 9.80 Å². The molecule has 4 aromatic rings. The number of anilines is 1. The number of benzene rings is 3. The molecule has 3 aromatic carbocycles. The number of thioether (sulfide) groups is 1. The van der Waals surface area contributed by atoms with Crippen LogP contribution < -0.4 is 5.32 Å². The van der Waals surface area contributed by atoms with Crippen LogP contribution >= 0.6 is 11.8 Å². The van der Waals surface area contributed by atoms with Crippen molar-refractivity contribution in [2.45, 2.75) is 37.1 Å². The Morgan fingerprint density at radius 1 is 1.00 bits per heavy atom. The first-order valence-corrected chi connectivity index (χ1v) is 14.9. The Bertz CT molecular complexity index is 1640. The Balaban J connectivity index is 1.15. The first-order valence-electron chi connectivity index (χ1n) is 14.0. The van der Waals surface area contributed by atoms with Gasteiger partial charge in [-0.3, -0.25) is 19.3 Å². The van der Waals surface area contributed by atoms with E-state index in [2.05, 4.69) is 10.3 Å². The smallest absolute Gasteiger partial charge is 0.247 e. The summed E-state index contributed by atoms with van der Waals surface area (Å²) in [5, 5.41) is 2.80. The number of carbonyl (C=O) groups is 3. The molecule has 2 aliphatic heterocycles.